The van der Waals surface area contributed by atoms with Gasteiger partial charge in [-0.05, 0) is 49.6 Å². The first-order valence-electron chi connectivity index (χ1n) is 8.18. The van der Waals surface area contributed by atoms with Crippen molar-refractivity contribution in [3.8, 4) is 0 Å². The van der Waals surface area contributed by atoms with E-state index in [-0.39, 0.29) is 23.8 Å². The van der Waals surface area contributed by atoms with Crippen LogP contribution in [-0.2, 0) is 4.79 Å². The Balaban J connectivity index is 1.51. The molecule has 0 bridgehead atoms. The number of amides is 2. The van der Waals surface area contributed by atoms with Crippen LogP contribution < -0.4 is 5.32 Å². The smallest absolute Gasteiger partial charge is 0.289 e. The molecule has 0 aromatic carbocycles. The molecule has 1 saturated heterocycles. The average molecular weight is 327 g/mol. The maximum Gasteiger partial charge on any atom is 0.289 e. The van der Waals surface area contributed by atoms with Gasteiger partial charge in [-0.1, -0.05) is 0 Å². The number of pyridine rings is 1. The Labute approximate surface area is 140 Å². The summed E-state index contributed by atoms with van der Waals surface area (Å²) in [5, 5.41) is 3.05. The summed E-state index contributed by atoms with van der Waals surface area (Å²) in [7, 11) is 0. The maximum absolute atomic E-state index is 12.4. The van der Waals surface area contributed by atoms with Gasteiger partial charge in [-0.15, -0.1) is 0 Å². The normalized spacial score (nSPS) is 16.6. The number of nitrogens with zero attached hydrogens (tertiary/aromatic N) is 2. The molecule has 0 saturated carbocycles. The number of likely N-dealkylation sites (tertiary alicyclic amines) is 1. The van der Waals surface area contributed by atoms with Crippen LogP contribution >= 0.6 is 0 Å². The third kappa shape index (κ3) is 3.64. The summed E-state index contributed by atoms with van der Waals surface area (Å²) >= 11 is 0. The highest BCUT2D eigenvalue weighted by Crippen LogP contribution is 2.21. The molecule has 24 heavy (non-hydrogen) atoms. The van der Waals surface area contributed by atoms with E-state index in [1.807, 2.05) is 19.1 Å². The zero-order valence-corrected chi connectivity index (χ0v) is 13.6. The number of aromatic nitrogens is 1. The van der Waals surface area contributed by atoms with Gasteiger partial charge in [0.1, 0.15) is 0 Å². The predicted octanol–water partition coefficient (Wildman–Crippen LogP) is 2.40. The lowest BCUT2D eigenvalue weighted by molar-refractivity contribution is -0.127. The molecule has 6 nitrogen and oxygen atoms in total. The average Bonchev–Trinajstić information content (AvgIpc) is 3.16. The van der Waals surface area contributed by atoms with Crippen LogP contribution in [0.5, 0.6) is 0 Å². The molecule has 126 valence electrons. The number of carbonyl (C=O) groups is 2. The predicted molar refractivity (Wildman–Crippen MR) is 88.1 cm³/mol. The molecular formula is C18H21N3O3. The molecule has 0 spiro atoms. The first kappa shape index (κ1) is 16.2. The molecule has 1 unspecified atom stereocenters. The van der Waals surface area contributed by atoms with Crippen molar-refractivity contribution in [3.63, 3.8) is 0 Å². The first-order chi connectivity index (χ1) is 11.6. The number of hydrogen-bond donors (Lipinski definition) is 1. The van der Waals surface area contributed by atoms with Gasteiger partial charge in [0, 0.05) is 31.4 Å². The summed E-state index contributed by atoms with van der Waals surface area (Å²) < 4.78 is 5.15. The summed E-state index contributed by atoms with van der Waals surface area (Å²) in [6.07, 6.45) is 6.27. The number of rotatable bonds is 4. The molecule has 0 radical (unpaired) electrons. The number of hydrogen-bond acceptors (Lipinski definition) is 4. The highest BCUT2D eigenvalue weighted by molar-refractivity contribution is 5.91. The van der Waals surface area contributed by atoms with Gasteiger partial charge >= 0.3 is 0 Å². The lowest BCUT2D eigenvalue weighted by Crippen LogP contribution is -2.43. The van der Waals surface area contributed by atoms with E-state index >= 15 is 0 Å². The summed E-state index contributed by atoms with van der Waals surface area (Å²) in [5.74, 6) is 0.229. The van der Waals surface area contributed by atoms with E-state index in [4.69, 9.17) is 4.42 Å². The molecule has 2 amide bonds. The molecule has 3 rings (SSSR count). The van der Waals surface area contributed by atoms with Crippen LogP contribution in [0.2, 0.25) is 0 Å². The zero-order chi connectivity index (χ0) is 16.9. The number of nitrogens with one attached hydrogen (secondary N) is 1. The van der Waals surface area contributed by atoms with E-state index in [1.165, 1.54) is 6.26 Å². The lowest BCUT2D eigenvalue weighted by Gasteiger charge is -2.31. The lowest BCUT2D eigenvalue weighted by atomic mass is 9.95. The van der Waals surface area contributed by atoms with E-state index in [0.717, 1.165) is 5.56 Å². The standard InChI is InChI=1S/C18H21N3O3/c1-13(14-4-8-19-9-5-14)20-17(22)15-6-10-21(11-7-15)18(23)16-3-2-12-24-16/h2-5,8-9,12-13,15H,6-7,10-11H2,1H3,(H,20,22). The van der Waals surface area contributed by atoms with Gasteiger partial charge in [0.05, 0.1) is 12.3 Å². The van der Waals surface area contributed by atoms with Crippen LogP contribution in [0.25, 0.3) is 0 Å². The molecule has 1 aliphatic heterocycles. The molecule has 2 aromatic heterocycles. The van der Waals surface area contributed by atoms with Gasteiger partial charge in [0.15, 0.2) is 5.76 Å². The second kappa shape index (κ2) is 7.29. The minimum absolute atomic E-state index is 0.0457. The van der Waals surface area contributed by atoms with E-state index in [1.54, 1.807) is 29.4 Å². The summed E-state index contributed by atoms with van der Waals surface area (Å²) in [5.41, 5.74) is 1.03. The van der Waals surface area contributed by atoms with Crippen LogP contribution in [0.1, 0.15) is 41.9 Å². The van der Waals surface area contributed by atoms with Crippen molar-refractivity contribution in [2.75, 3.05) is 13.1 Å². The minimum atomic E-state index is -0.107. The quantitative estimate of drug-likeness (QED) is 0.935. The number of carbonyl (C=O) groups excluding carboxylic acids is 2. The van der Waals surface area contributed by atoms with E-state index < -0.39 is 0 Å². The van der Waals surface area contributed by atoms with Crippen molar-refractivity contribution in [2.45, 2.75) is 25.8 Å². The topological polar surface area (TPSA) is 75.4 Å². The third-order valence-corrected chi connectivity index (χ3v) is 4.45. The second-order valence-corrected chi connectivity index (χ2v) is 6.05. The molecule has 0 aliphatic carbocycles. The monoisotopic (exact) mass is 327 g/mol. The third-order valence-electron chi connectivity index (χ3n) is 4.45. The minimum Gasteiger partial charge on any atom is -0.459 e. The van der Waals surface area contributed by atoms with E-state index in [9.17, 15) is 9.59 Å². The number of piperidine rings is 1. The Bertz CT molecular complexity index is 677. The van der Waals surface area contributed by atoms with Crippen molar-refractivity contribution in [1.82, 2.24) is 15.2 Å². The van der Waals surface area contributed by atoms with Gasteiger partial charge in [-0.3, -0.25) is 14.6 Å². The van der Waals surface area contributed by atoms with Gasteiger partial charge in [0.2, 0.25) is 5.91 Å². The Morgan fingerprint density at radius 1 is 1.25 bits per heavy atom. The van der Waals surface area contributed by atoms with Gasteiger partial charge in [-0.2, -0.15) is 0 Å². The van der Waals surface area contributed by atoms with Gasteiger partial charge in [-0.25, -0.2) is 0 Å². The molecule has 1 atom stereocenters. The van der Waals surface area contributed by atoms with Gasteiger partial charge in [0.25, 0.3) is 5.91 Å². The summed E-state index contributed by atoms with van der Waals surface area (Å²) in [4.78, 5) is 30.4. The van der Waals surface area contributed by atoms with Crippen molar-refractivity contribution in [2.24, 2.45) is 5.92 Å². The fraction of sp³-hybridized carbons (Fsp3) is 0.389. The Kier molecular flexibility index (Phi) is 4.93. The molecule has 2 aromatic rings. The Hall–Kier alpha value is -2.63. The molecule has 3 heterocycles. The molecular weight excluding hydrogens is 306 g/mol. The Morgan fingerprint density at radius 3 is 2.58 bits per heavy atom. The van der Waals surface area contributed by atoms with Crippen LogP contribution in [0, 0.1) is 5.92 Å². The number of furan rings is 1. The highest BCUT2D eigenvalue weighted by atomic mass is 16.3. The molecule has 1 fully saturated rings. The largest absolute Gasteiger partial charge is 0.459 e. The van der Waals surface area contributed by atoms with E-state index in [0.29, 0.717) is 31.7 Å². The van der Waals surface area contributed by atoms with Crippen molar-refractivity contribution in [3.05, 3.63) is 54.2 Å². The summed E-state index contributed by atoms with van der Waals surface area (Å²) in [6, 6.07) is 7.11. The van der Waals surface area contributed by atoms with Gasteiger partial charge < -0.3 is 14.6 Å². The zero-order valence-electron chi connectivity index (χ0n) is 13.6. The fourth-order valence-electron chi connectivity index (χ4n) is 2.97. The highest BCUT2D eigenvalue weighted by Gasteiger charge is 2.29. The summed E-state index contributed by atoms with van der Waals surface area (Å²) in [6.45, 7) is 3.10. The van der Waals surface area contributed by atoms with Crippen LogP contribution in [0.3, 0.4) is 0 Å². The van der Waals surface area contributed by atoms with Crippen molar-refractivity contribution < 1.29 is 14.0 Å². The van der Waals surface area contributed by atoms with Crippen molar-refractivity contribution >= 4 is 11.8 Å². The molecule has 1 aliphatic rings. The van der Waals surface area contributed by atoms with Crippen LogP contribution in [0.4, 0.5) is 0 Å². The molecule has 1 N–H and O–H groups in total. The molecule has 6 heteroatoms. The second-order valence-electron chi connectivity index (χ2n) is 6.05. The van der Waals surface area contributed by atoms with Crippen LogP contribution in [0.15, 0.2) is 47.3 Å². The van der Waals surface area contributed by atoms with Crippen LogP contribution in [-0.4, -0.2) is 34.8 Å². The Morgan fingerprint density at radius 2 is 1.96 bits per heavy atom. The first-order valence-corrected chi connectivity index (χ1v) is 8.18. The maximum atomic E-state index is 12.4. The SMILES string of the molecule is CC(NC(=O)C1CCN(C(=O)c2ccco2)CC1)c1ccncc1. The van der Waals surface area contributed by atoms with Crippen molar-refractivity contribution in [1.29, 1.82) is 0 Å². The fourth-order valence-corrected chi connectivity index (χ4v) is 2.97. The van der Waals surface area contributed by atoms with E-state index in [2.05, 4.69) is 10.3 Å².